The molecule has 2 heterocycles. The van der Waals surface area contributed by atoms with Gasteiger partial charge in [0, 0.05) is 22.1 Å². The van der Waals surface area contributed by atoms with Gasteiger partial charge in [-0.3, -0.25) is 9.59 Å². The molecule has 0 aliphatic heterocycles. The molecule has 0 spiro atoms. The van der Waals surface area contributed by atoms with Crippen molar-refractivity contribution in [1.29, 1.82) is 0 Å². The summed E-state index contributed by atoms with van der Waals surface area (Å²) in [5, 5.41) is 1.43. The van der Waals surface area contributed by atoms with Gasteiger partial charge in [0.05, 0.1) is 33.2 Å². The molecule has 0 fully saturated rings. The highest BCUT2D eigenvalue weighted by Gasteiger charge is 2.20. The molecule has 0 aliphatic rings. The summed E-state index contributed by atoms with van der Waals surface area (Å²) in [6, 6.07) is 2.89. The molecule has 110 valence electrons. The van der Waals surface area contributed by atoms with Gasteiger partial charge in [-0.25, -0.2) is 0 Å². The van der Waals surface area contributed by atoms with Crippen molar-refractivity contribution in [3.8, 4) is 0 Å². The van der Waals surface area contributed by atoms with E-state index in [2.05, 4.69) is 9.97 Å². The number of benzene rings is 2. The molecular formula is C14H12N6O2. The topological polar surface area (TPSA) is 170 Å². The van der Waals surface area contributed by atoms with E-state index in [0.29, 0.717) is 21.8 Å². The lowest BCUT2D eigenvalue weighted by molar-refractivity contribution is 1.32. The Balaban J connectivity index is 2.60. The minimum Gasteiger partial charge on any atom is -0.398 e. The first-order chi connectivity index (χ1) is 10.4. The Bertz CT molecular complexity index is 1110. The summed E-state index contributed by atoms with van der Waals surface area (Å²) in [7, 11) is 0. The first-order valence-corrected chi connectivity index (χ1v) is 6.47. The number of anilines is 4. The molecule has 0 saturated heterocycles. The maximum Gasteiger partial charge on any atom is 0.258 e. The quantitative estimate of drug-likeness (QED) is 0.201. The molecule has 2 aromatic heterocycles. The van der Waals surface area contributed by atoms with Crippen LogP contribution in [-0.2, 0) is 0 Å². The summed E-state index contributed by atoms with van der Waals surface area (Å²) in [4.78, 5) is 30.1. The van der Waals surface area contributed by atoms with E-state index in [4.69, 9.17) is 22.9 Å². The highest BCUT2D eigenvalue weighted by Crippen LogP contribution is 2.38. The number of nitrogen functional groups attached to an aromatic ring is 4. The lowest BCUT2D eigenvalue weighted by Gasteiger charge is -2.15. The molecular weight excluding hydrogens is 284 g/mol. The van der Waals surface area contributed by atoms with Crippen LogP contribution in [-0.4, -0.2) is 9.97 Å². The van der Waals surface area contributed by atoms with E-state index < -0.39 is 11.1 Å². The molecule has 0 bridgehead atoms. The molecule has 0 amide bonds. The summed E-state index contributed by atoms with van der Waals surface area (Å²) in [5.74, 6) is 0. The van der Waals surface area contributed by atoms with Gasteiger partial charge in [-0.05, 0) is 12.1 Å². The van der Waals surface area contributed by atoms with Crippen molar-refractivity contribution in [2.24, 2.45) is 0 Å². The fourth-order valence-electron chi connectivity index (χ4n) is 3.06. The second-order valence-electron chi connectivity index (χ2n) is 5.27. The van der Waals surface area contributed by atoms with Crippen LogP contribution in [0.15, 0.2) is 21.7 Å². The lowest BCUT2D eigenvalue weighted by atomic mass is 9.98. The fourth-order valence-corrected chi connectivity index (χ4v) is 3.06. The first kappa shape index (κ1) is 12.3. The number of aromatic amines is 2. The maximum absolute atomic E-state index is 12.4. The third kappa shape index (κ3) is 1.26. The van der Waals surface area contributed by atoms with E-state index >= 15 is 0 Å². The zero-order chi connectivity index (χ0) is 15.8. The van der Waals surface area contributed by atoms with Gasteiger partial charge in [-0.1, -0.05) is 0 Å². The molecule has 0 radical (unpaired) electrons. The summed E-state index contributed by atoms with van der Waals surface area (Å²) in [6.45, 7) is 0. The number of aromatic nitrogens is 2. The molecule has 4 aromatic rings. The van der Waals surface area contributed by atoms with Crippen LogP contribution in [0.1, 0.15) is 0 Å². The van der Waals surface area contributed by atoms with Crippen LogP contribution >= 0.6 is 0 Å². The predicted octanol–water partition coefficient (Wildman–Crippen LogP) is 0.289. The normalized spacial score (nSPS) is 11.8. The monoisotopic (exact) mass is 296 g/mol. The first-order valence-electron chi connectivity index (χ1n) is 6.47. The van der Waals surface area contributed by atoms with Crippen LogP contribution in [0, 0.1) is 0 Å². The molecule has 22 heavy (non-hydrogen) atoms. The maximum atomic E-state index is 12.4. The van der Waals surface area contributed by atoms with Gasteiger partial charge in [0.15, 0.2) is 0 Å². The Kier molecular flexibility index (Phi) is 2.02. The van der Waals surface area contributed by atoms with Gasteiger partial charge in [-0.2, -0.15) is 0 Å². The number of H-pyrrole nitrogens is 2. The second kappa shape index (κ2) is 3.61. The van der Waals surface area contributed by atoms with Crippen molar-refractivity contribution in [2.75, 3.05) is 22.9 Å². The number of hydrogen-bond acceptors (Lipinski definition) is 6. The van der Waals surface area contributed by atoms with Gasteiger partial charge in [0.1, 0.15) is 0 Å². The van der Waals surface area contributed by atoms with Crippen molar-refractivity contribution >= 4 is 55.3 Å². The van der Waals surface area contributed by atoms with Crippen molar-refractivity contribution < 1.29 is 0 Å². The van der Waals surface area contributed by atoms with E-state index in [-0.39, 0.29) is 33.5 Å². The van der Waals surface area contributed by atoms with E-state index in [1.165, 1.54) is 12.1 Å². The predicted molar refractivity (Wildman–Crippen MR) is 89.0 cm³/mol. The smallest absolute Gasteiger partial charge is 0.258 e. The highest BCUT2D eigenvalue weighted by atomic mass is 16.1. The van der Waals surface area contributed by atoms with E-state index in [9.17, 15) is 9.59 Å². The number of nitrogens with one attached hydrogen (secondary N) is 2. The molecule has 0 saturated carbocycles. The van der Waals surface area contributed by atoms with Gasteiger partial charge in [0.25, 0.3) is 11.1 Å². The van der Waals surface area contributed by atoms with Crippen LogP contribution in [0.4, 0.5) is 22.7 Å². The molecule has 0 aliphatic carbocycles. The van der Waals surface area contributed by atoms with E-state index in [1.807, 2.05) is 0 Å². The van der Waals surface area contributed by atoms with Crippen molar-refractivity contribution in [3.63, 3.8) is 0 Å². The Morgan fingerprint density at radius 3 is 1.32 bits per heavy atom. The fraction of sp³-hybridized carbons (Fsp3) is 0. The Morgan fingerprint density at radius 1 is 0.591 bits per heavy atom. The van der Waals surface area contributed by atoms with Crippen LogP contribution in [0.2, 0.25) is 0 Å². The molecule has 0 atom stereocenters. The summed E-state index contributed by atoms with van der Waals surface area (Å²) < 4.78 is 0. The second-order valence-corrected chi connectivity index (χ2v) is 5.27. The average molecular weight is 296 g/mol. The lowest BCUT2D eigenvalue weighted by Crippen LogP contribution is -2.17. The number of nitrogens with two attached hydrogens (primary N) is 4. The van der Waals surface area contributed by atoms with Crippen molar-refractivity contribution in [1.82, 2.24) is 9.97 Å². The van der Waals surface area contributed by atoms with Gasteiger partial charge in [-0.15, -0.1) is 0 Å². The summed E-state index contributed by atoms with van der Waals surface area (Å²) in [6.07, 6.45) is 0. The standard InChI is InChI=1S/C14H12N6O2/c15-3-1-5(17)11-9-7(3)13(21)20-12-6(18)2-4(16)8(10(9)12)14(22)19-11/h1-2H,15-18H2,(H,19,22)(H,20,21). The Labute approximate surface area is 122 Å². The van der Waals surface area contributed by atoms with Crippen LogP contribution in [0.3, 0.4) is 0 Å². The number of hydrogen-bond donors (Lipinski definition) is 6. The average Bonchev–Trinajstić information content (AvgIpc) is 2.43. The third-order valence-electron chi connectivity index (χ3n) is 3.96. The molecule has 8 heteroatoms. The van der Waals surface area contributed by atoms with Gasteiger partial charge in [0.2, 0.25) is 0 Å². The number of pyridine rings is 2. The minimum atomic E-state index is -0.403. The molecule has 2 aromatic carbocycles. The molecule has 4 rings (SSSR count). The number of rotatable bonds is 0. The minimum absolute atomic E-state index is 0.225. The zero-order valence-corrected chi connectivity index (χ0v) is 11.3. The molecule has 10 N–H and O–H groups in total. The summed E-state index contributed by atoms with van der Waals surface area (Å²) in [5.41, 5.74) is 24.6. The third-order valence-corrected chi connectivity index (χ3v) is 3.96. The van der Waals surface area contributed by atoms with Crippen LogP contribution in [0.5, 0.6) is 0 Å². The highest BCUT2D eigenvalue weighted by molar-refractivity contribution is 6.28. The molecule has 0 unspecified atom stereocenters. The van der Waals surface area contributed by atoms with E-state index in [0.717, 1.165) is 0 Å². The van der Waals surface area contributed by atoms with Crippen molar-refractivity contribution in [3.05, 3.63) is 32.8 Å². The molecule has 8 nitrogen and oxygen atoms in total. The van der Waals surface area contributed by atoms with Crippen molar-refractivity contribution in [2.45, 2.75) is 0 Å². The Hall–Kier alpha value is -3.42. The Morgan fingerprint density at radius 2 is 0.955 bits per heavy atom. The summed E-state index contributed by atoms with van der Waals surface area (Å²) >= 11 is 0. The van der Waals surface area contributed by atoms with Crippen LogP contribution < -0.4 is 34.1 Å². The van der Waals surface area contributed by atoms with E-state index in [1.54, 1.807) is 0 Å². The van der Waals surface area contributed by atoms with Gasteiger partial charge >= 0.3 is 0 Å². The zero-order valence-electron chi connectivity index (χ0n) is 11.3. The van der Waals surface area contributed by atoms with Crippen LogP contribution in [0.25, 0.3) is 32.6 Å². The largest absolute Gasteiger partial charge is 0.398 e. The SMILES string of the molecule is Nc1cc(N)c2c(=O)[nH]c3c(N)cc(N)c4c(=O)[nH]c1c2c34. The van der Waals surface area contributed by atoms with Gasteiger partial charge < -0.3 is 32.9 Å².